The molecule has 0 saturated heterocycles. The predicted octanol–water partition coefficient (Wildman–Crippen LogP) is 0.804. The van der Waals surface area contributed by atoms with E-state index in [1.807, 2.05) is 6.26 Å². The molecular weight excluding hydrogens is 250 g/mol. The third kappa shape index (κ3) is 4.38. The Bertz CT molecular complexity index is 420. The highest BCUT2D eigenvalue weighted by atomic mass is 32.2. The van der Waals surface area contributed by atoms with Gasteiger partial charge in [0.25, 0.3) is 0 Å². The molecule has 0 saturated carbocycles. The lowest BCUT2D eigenvalue weighted by Crippen LogP contribution is -2.36. The maximum atomic E-state index is 11.7. The number of carbonyl (C=O) groups is 2. The van der Waals surface area contributed by atoms with Crippen molar-refractivity contribution in [2.45, 2.75) is 12.5 Å². The van der Waals surface area contributed by atoms with Gasteiger partial charge < -0.3 is 16.8 Å². The Morgan fingerprint density at radius 3 is 2.44 bits per heavy atom. The van der Waals surface area contributed by atoms with Crippen molar-refractivity contribution in [1.82, 2.24) is 0 Å². The van der Waals surface area contributed by atoms with Crippen LogP contribution in [0.25, 0.3) is 0 Å². The van der Waals surface area contributed by atoms with E-state index in [4.69, 9.17) is 11.5 Å². The van der Waals surface area contributed by atoms with Gasteiger partial charge in [0.05, 0.1) is 6.04 Å². The lowest BCUT2D eigenvalue weighted by Gasteiger charge is -2.11. The molecular formula is C12H17N3O2S. The average molecular weight is 267 g/mol. The highest BCUT2D eigenvalue weighted by Gasteiger charge is 2.12. The fourth-order valence-electron chi connectivity index (χ4n) is 1.33. The lowest BCUT2D eigenvalue weighted by molar-refractivity contribution is -0.117. The number of anilines is 1. The Kier molecular flexibility index (Phi) is 5.67. The zero-order chi connectivity index (χ0) is 13.5. The van der Waals surface area contributed by atoms with Gasteiger partial charge in [-0.2, -0.15) is 11.8 Å². The zero-order valence-electron chi connectivity index (χ0n) is 10.2. The number of primary amides is 1. The fourth-order valence-corrected chi connectivity index (χ4v) is 1.82. The van der Waals surface area contributed by atoms with Crippen molar-refractivity contribution in [3.8, 4) is 0 Å². The monoisotopic (exact) mass is 267 g/mol. The molecule has 0 unspecified atom stereocenters. The van der Waals surface area contributed by atoms with Crippen LogP contribution in [0.2, 0.25) is 0 Å². The number of rotatable bonds is 6. The summed E-state index contributed by atoms with van der Waals surface area (Å²) in [6.45, 7) is 0. The lowest BCUT2D eigenvalue weighted by atomic mass is 10.2. The van der Waals surface area contributed by atoms with E-state index in [1.54, 1.807) is 36.0 Å². The maximum absolute atomic E-state index is 11.7. The molecule has 0 aliphatic rings. The van der Waals surface area contributed by atoms with Gasteiger partial charge >= 0.3 is 0 Å². The third-order valence-corrected chi connectivity index (χ3v) is 3.05. The van der Waals surface area contributed by atoms with Crippen LogP contribution in [0, 0.1) is 0 Å². The smallest absolute Gasteiger partial charge is 0.248 e. The predicted molar refractivity (Wildman–Crippen MR) is 74.6 cm³/mol. The minimum absolute atomic E-state index is 0.226. The van der Waals surface area contributed by atoms with Crippen LogP contribution in [0.4, 0.5) is 5.69 Å². The summed E-state index contributed by atoms with van der Waals surface area (Å²) < 4.78 is 0. The van der Waals surface area contributed by atoms with E-state index < -0.39 is 11.9 Å². The van der Waals surface area contributed by atoms with E-state index in [2.05, 4.69) is 5.32 Å². The summed E-state index contributed by atoms with van der Waals surface area (Å²) >= 11 is 1.65. The highest BCUT2D eigenvalue weighted by molar-refractivity contribution is 7.98. The molecule has 18 heavy (non-hydrogen) atoms. The first-order chi connectivity index (χ1) is 8.54. The minimum atomic E-state index is -0.520. The average Bonchev–Trinajstić information content (AvgIpc) is 2.36. The van der Waals surface area contributed by atoms with Crippen LogP contribution in [0.1, 0.15) is 16.8 Å². The first-order valence-electron chi connectivity index (χ1n) is 5.50. The van der Waals surface area contributed by atoms with Crippen LogP contribution in [-0.2, 0) is 4.79 Å². The minimum Gasteiger partial charge on any atom is -0.366 e. The van der Waals surface area contributed by atoms with Crippen LogP contribution in [0.3, 0.4) is 0 Å². The van der Waals surface area contributed by atoms with Crippen LogP contribution in [0.15, 0.2) is 24.3 Å². The zero-order valence-corrected chi connectivity index (χ0v) is 11.0. The van der Waals surface area contributed by atoms with Gasteiger partial charge in [0.2, 0.25) is 11.8 Å². The molecule has 0 aliphatic carbocycles. The summed E-state index contributed by atoms with van der Waals surface area (Å²) in [4.78, 5) is 22.6. The van der Waals surface area contributed by atoms with Crippen molar-refractivity contribution in [3.05, 3.63) is 29.8 Å². The molecule has 1 atom stereocenters. The Balaban J connectivity index is 2.56. The summed E-state index contributed by atoms with van der Waals surface area (Å²) in [5.74, 6) is 0.121. The first-order valence-corrected chi connectivity index (χ1v) is 6.89. The molecule has 0 radical (unpaired) electrons. The van der Waals surface area contributed by atoms with Gasteiger partial charge in [-0.3, -0.25) is 9.59 Å². The number of hydrogen-bond donors (Lipinski definition) is 3. The quantitative estimate of drug-likeness (QED) is 0.710. The van der Waals surface area contributed by atoms with Gasteiger partial charge in [-0.1, -0.05) is 0 Å². The molecule has 0 fully saturated rings. The van der Waals surface area contributed by atoms with Crippen LogP contribution >= 0.6 is 11.8 Å². The maximum Gasteiger partial charge on any atom is 0.248 e. The van der Waals surface area contributed by atoms with E-state index in [0.29, 0.717) is 17.7 Å². The van der Waals surface area contributed by atoms with Crippen molar-refractivity contribution in [2.75, 3.05) is 17.3 Å². The molecule has 1 aromatic carbocycles. The summed E-state index contributed by atoms with van der Waals surface area (Å²) in [5, 5.41) is 2.69. The molecule has 0 spiro atoms. The summed E-state index contributed by atoms with van der Waals surface area (Å²) in [7, 11) is 0. The SMILES string of the molecule is CSCC[C@@H](N)C(=O)Nc1ccc(C(N)=O)cc1. The molecule has 2 amide bonds. The van der Waals surface area contributed by atoms with Gasteiger partial charge in [0.15, 0.2) is 0 Å². The van der Waals surface area contributed by atoms with Crippen LogP contribution in [0.5, 0.6) is 0 Å². The number of nitrogens with one attached hydrogen (secondary N) is 1. The molecule has 98 valence electrons. The topological polar surface area (TPSA) is 98.2 Å². The van der Waals surface area contributed by atoms with Crippen molar-refractivity contribution in [1.29, 1.82) is 0 Å². The normalized spacial score (nSPS) is 11.9. The second kappa shape index (κ2) is 7.03. The van der Waals surface area contributed by atoms with E-state index >= 15 is 0 Å². The second-order valence-corrected chi connectivity index (χ2v) is 4.80. The van der Waals surface area contributed by atoms with Crippen molar-refractivity contribution >= 4 is 29.3 Å². The van der Waals surface area contributed by atoms with Crippen LogP contribution < -0.4 is 16.8 Å². The number of thioether (sulfide) groups is 1. The molecule has 0 aliphatic heterocycles. The molecule has 0 aromatic heterocycles. The number of nitrogens with two attached hydrogens (primary N) is 2. The Morgan fingerprint density at radius 2 is 1.94 bits per heavy atom. The molecule has 1 rings (SSSR count). The summed E-state index contributed by atoms with van der Waals surface area (Å²) in [6, 6.07) is 5.85. The number of amides is 2. The summed E-state index contributed by atoms with van der Waals surface area (Å²) in [5.41, 5.74) is 11.9. The second-order valence-electron chi connectivity index (χ2n) is 3.82. The van der Waals surface area contributed by atoms with E-state index in [1.165, 1.54) is 0 Å². The highest BCUT2D eigenvalue weighted by Crippen LogP contribution is 2.10. The standard InChI is InChI=1S/C12H17N3O2S/c1-18-7-6-10(13)12(17)15-9-4-2-8(3-5-9)11(14)16/h2-5,10H,6-7,13H2,1H3,(H2,14,16)(H,15,17)/t10-/m1/s1. The Hall–Kier alpha value is -1.53. The molecule has 5 nitrogen and oxygen atoms in total. The van der Waals surface area contributed by atoms with Gasteiger partial charge in [-0.15, -0.1) is 0 Å². The summed E-state index contributed by atoms with van der Waals surface area (Å²) in [6.07, 6.45) is 2.60. The van der Waals surface area contributed by atoms with Gasteiger partial charge in [0, 0.05) is 11.3 Å². The van der Waals surface area contributed by atoms with Gasteiger partial charge in [-0.25, -0.2) is 0 Å². The van der Waals surface area contributed by atoms with Crippen molar-refractivity contribution in [3.63, 3.8) is 0 Å². The van der Waals surface area contributed by atoms with Gasteiger partial charge in [0.1, 0.15) is 0 Å². The molecule has 5 N–H and O–H groups in total. The molecule has 0 heterocycles. The molecule has 6 heteroatoms. The van der Waals surface area contributed by atoms with E-state index in [0.717, 1.165) is 5.75 Å². The Labute approximate surface area is 110 Å². The Morgan fingerprint density at radius 1 is 1.33 bits per heavy atom. The fraction of sp³-hybridized carbons (Fsp3) is 0.333. The van der Waals surface area contributed by atoms with Gasteiger partial charge in [-0.05, 0) is 42.7 Å². The number of benzene rings is 1. The number of hydrogen-bond acceptors (Lipinski definition) is 4. The first kappa shape index (κ1) is 14.5. The molecule has 1 aromatic rings. The van der Waals surface area contributed by atoms with E-state index in [9.17, 15) is 9.59 Å². The number of carbonyl (C=O) groups excluding carboxylic acids is 2. The third-order valence-electron chi connectivity index (χ3n) is 2.41. The van der Waals surface area contributed by atoms with E-state index in [-0.39, 0.29) is 5.91 Å². The largest absolute Gasteiger partial charge is 0.366 e. The van der Waals surface area contributed by atoms with Crippen LogP contribution in [-0.4, -0.2) is 29.9 Å². The molecule has 0 bridgehead atoms. The van der Waals surface area contributed by atoms with Crippen molar-refractivity contribution < 1.29 is 9.59 Å². The van der Waals surface area contributed by atoms with Crippen molar-refractivity contribution in [2.24, 2.45) is 11.5 Å².